The van der Waals surface area contributed by atoms with Crippen molar-refractivity contribution in [1.82, 2.24) is 4.98 Å². The first kappa shape index (κ1) is 13.3. The van der Waals surface area contributed by atoms with Crippen molar-refractivity contribution in [3.63, 3.8) is 0 Å². The minimum atomic E-state index is 0.510. The minimum Gasteiger partial charge on any atom is -0.478 e. The monoisotopic (exact) mass is 241 g/mol. The molecule has 0 unspecified atom stereocenters. The number of halogens is 1. The molecule has 1 rings (SSSR count). The molecule has 0 saturated carbocycles. The van der Waals surface area contributed by atoms with Crippen LogP contribution in [0.4, 0.5) is 0 Å². The lowest BCUT2D eigenvalue weighted by atomic mass is 10.1. The van der Waals surface area contributed by atoms with Crippen LogP contribution in [0.25, 0.3) is 0 Å². The quantitative estimate of drug-likeness (QED) is 0.707. The zero-order chi connectivity index (χ0) is 12.0. The van der Waals surface area contributed by atoms with Gasteiger partial charge in [0.05, 0.1) is 6.61 Å². The number of rotatable bonds is 6. The fourth-order valence-corrected chi connectivity index (χ4v) is 1.51. The summed E-state index contributed by atoms with van der Waals surface area (Å²) in [4.78, 5) is 4.42. The van der Waals surface area contributed by atoms with Crippen LogP contribution in [0.15, 0.2) is 12.1 Å². The molecule has 16 heavy (non-hydrogen) atoms. The number of ether oxygens (including phenoxy) is 1. The lowest BCUT2D eigenvalue weighted by molar-refractivity contribution is 0.278. The average Bonchev–Trinajstić information content (AvgIpc) is 2.28. The van der Waals surface area contributed by atoms with Crippen molar-refractivity contribution in [2.24, 2.45) is 5.92 Å². The molecule has 3 heteroatoms. The van der Waals surface area contributed by atoms with Crippen LogP contribution in [0.3, 0.4) is 0 Å². The molecule has 90 valence electrons. The first-order valence-corrected chi connectivity index (χ1v) is 6.37. The summed E-state index contributed by atoms with van der Waals surface area (Å²) in [7, 11) is 0. The standard InChI is InChI=1S/C13H20ClNO/c1-4-12-7-11(9-14)8-13(15-12)16-6-5-10(2)3/h7-8,10H,4-6,9H2,1-3H3. The Hall–Kier alpha value is -0.760. The summed E-state index contributed by atoms with van der Waals surface area (Å²) in [6.07, 6.45) is 1.96. The summed E-state index contributed by atoms with van der Waals surface area (Å²) in [5.74, 6) is 1.87. The van der Waals surface area contributed by atoms with E-state index in [0.29, 0.717) is 17.7 Å². The number of nitrogens with zero attached hydrogens (tertiary/aromatic N) is 1. The number of aryl methyl sites for hydroxylation is 1. The largest absolute Gasteiger partial charge is 0.478 e. The van der Waals surface area contributed by atoms with E-state index in [2.05, 4.69) is 25.8 Å². The van der Waals surface area contributed by atoms with Gasteiger partial charge in [0, 0.05) is 17.6 Å². The van der Waals surface area contributed by atoms with E-state index >= 15 is 0 Å². The number of hydrogen-bond acceptors (Lipinski definition) is 2. The zero-order valence-electron chi connectivity index (χ0n) is 10.3. The van der Waals surface area contributed by atoms with Crippen LogP contribution in [0.5, 0.6) is 5.88 Å². The van der Waals surface area contributed by atoms with Gasteiger partial charge in [0.15, 0.2) is 0 Å². The number of hydrogen-bond donors (Lipinski definition) is 0. The Labute approximate surface area is 103 Å². The maximum absolute atomic E-state index is 5.83. The second kappa shape index (κ2) is 6.74. The Morgan fingerprint density at radius 3 is 2.69 bits per heavy atom. The second-order valence-corrected chi connectivity index (χ2v) is 4.59. The number of aromatic nitrogens is 1. The van der Waals surface area contributed by atoms with Crippen molar-refractivity contribution in [3.8, 4) is 5.88 Å². The van der Waals surface area contributed by atoms with Gasteiger partial charge >= 0.3 is 0 Å². The molecule has 0 bridgehead atoms. The van der Waals surface area contributed by atoms with Gasteiger partial charge in [-0.2, -0.15) is 0 Å². The molecule has 1 aromatic rings. The minimum absolute atomic E-state index is 0.510. The van der Waals surface area contributed by atoms with E-state index in [1.807, 2.05) is 12.1 Å². The molecular weight excluding hydrogens is 222 g/mol. The Kier molecular flexibility index (Phi) is 5.61. The van der Waals surface area contributed by atoms with Crippen molar-refractivity contribution in [1.29, 1.82) is 0 Å². The summed E-state index contributed by atoms with van der Waals surface area (Å²) < 4.78 is 5.63. The van der Waals surface area contributed by atoms with Gasteiger partial charge < -0.3 is 4.74 Å². The number of alkyl halides is 1. The normalized spacial score (nSPS) is 10.8. The molecule has 0 aliphatic rings. The third-order valence-electron chi connectivity index (χ3n) is 2.38. The van der Waals surface area contributed by atoms with Crippen molar-refractivity contribution in [2.75, 3.05) is 6.61 Å². The molecule has 0 N–H and O–H groups in total. The molecule has 0 fully saturated rings. The molecule has 2 nitrogen and oxygen atoms in total. The van der Waals surface area contributed by atoms with Crippen LogP contribution in [-0.2, 0) is 12.3 Å². The van der Waals surface area contributed by atoms with Crippen molar-refractivity contribution in [3.05, 3.63) is 23.4 Å². The Bertz CT molecular complexity index is 303. The van der Waals surface area contributed by atoms with Crippen molar-refractivity contribution < 1.29 is 4.74 Å². The molecule has 0 aromatic carbocycles. The van der Waals surface area contributed by atoms with E-state index in [1.165, 1.54) is 0 Å². The van der Waals surface area contributed by atoms with Crippen molar-refractivity contribution in [2.45, 2.75) is 39.5 Å². The van der Waals surface area contributed by atoms with Gasteiger partial charge in [-0.15, -0.1) is 11.6 Å². The fraction of sp³-hybridized carbons (Fsp3) is 0.615. The lowest BCUT2D eigenvalue weighted by Gasteiger charge is -2.09. The maximum atomic E-state index is 5.83. The van der Waals surface area contributed by atoms with Gasteiger partial charge in [-0.25, -0.2) is 4.98 Å². The van der Waals surface area contributed by atoms with Crippen LogP contribution in [0, 0.1) is 5.92 Å². The SMILES string of the molecule is CCc1cc(CCl)cc(OCCC(C)C)n1. The van der Waals surface area contributed by atoms with E-state index in [4.69, 9.17) is 16.3 Å². The molecule has 1 heterocycles. The molecule has 0 amide bonds. The summed E-state index contributed by atoms with van der Waals surface area (Å²) in [5.41, 5.74) is 2.12. The summed E-state index contributed by atoms with van der Waals surface area (Å²) in [6, 6.07) is 3.95. The third kappa shape index (κ3) is 4.40. The van der Waals surface area contributed by atoms with E-state index in [9.17, 15) is 0 Å². The molecular formula is C13H20ClNO. The van der Waals surface area contributed by atoms with Crippen LogP contribution in [0.1, 0.15) is 38.4 Å². The molecule has 0 radical (unpaired) electrons. The molecule has 0 saturated heterocycles. The van der Waals surface area contributed by atoms with Crippen LogP contribution >= 0.6 is 11.6 Å². The zero-order valence-corrected chi connectivity index (χ0v) is 11.0. The Balaban J connectivity index is 2.64. The molecule has 0 aliphatic heterocycles. The number of pyridine rings is 1. The van der Waals surface area contributed by atoms with E-state index in [1.54, 1.807) is 0 Å². The van der Waals surface area contributed by atoms with Crippen LogP contribution in [0.2, 0.25) is 0 Å². The molecule has 0 aliphatic carbocycles. The second-order valence-electron chi connectivity index (χ2n) is 4.32. The topological polar surface area (TPSA) is 22.1 Å². The predicted octanol–water partition coefficient (Wildman–Crippen LogP) is 3.81. The Morgan fingerprint density at radius 2 is 2.12 bits per heavy atom. The van der Waals surface area contributed by atoms with E-state index < -0.39 is 0 Å². The van der Waals surface area contributed by atoms with Crippen LogP contribution in [-0.4, -0.2) is 11.6 Å². The smallest absolute Gasteiger partial charge is 0.213 e. The van der Waals surface area contributed by atoms with Gasteiger partial charge in [0.2, 0.25) is 5.88 Å². The van der Waals surface area contributed by atoms with Gasteiger partial charge in [-0.1, -0.05) is 20.8 Å². The Morgan fingerprint density at radius 1 is 1.38 bits per heavy atom. The first-order chi connectivity index (χ1) is 7.65. The fourth-order valence-electron chi connectivity index (χ4n) is 1.35. The summed E-state index contributed by atoms with van der Waals surface area (Å²) in [6.45, 7) is 7.17. The van der Waals surface area contributed by atoms with Crippen molar-refractivity contribution >= 4 is 11.6 Å². The molecule has 0 spiro atoms. The van der Waals surface area contributed by atoms with Gasteiger partial charge in [-0.05, 0) is 30.4 Å². The third-order valence-corrected chi connectivity index (χ3v) is 2.68. The molecule has 1 aromatic heterocycles. The van der Waals surface area contributed by atoms with E-state index in [0.717, 1.165) is 30.7 Å². The van der Waals surface area contributed by atoms with Crippen LogP contribution < -0.4 is 4.74 Å². The summed E-state index contributed by atoms with van der Waals surface area (Å²) in [5, 5.41) is 0. The van der Waals surface area contributed by atoms with Gasteiger partial charge in [0.25, 0.3) is 0 Å². The maximum Gasteiger partial charge on any atom is 0.213 e. The highest BCUT2D eigenvalue weighted by Crippen LogP contribution is 2.15. The first-order valence-electron chi connectivity index (χ1n) is 5.84. The van der Waals surface area contributed by atoms with Gasteiger partial charge in [0.1, 0.15) is 0 Å². The highest BCUT2D eigenvalue weighted by molar-refractivity contribution is 6.17. The predicted molar refractivity (Wildman–Crippen MR) is 68.1 cm³/mol. The average molecular weight is 242 g/mol. The highest BCUT2D eigenvalue weighted by atomic mass is 35.5. The lowest BCUT2D eigenvalue weighted by Crippen LogP contribution is -2.04. The summed E-state index contributed by atoms with van der Waals surface area (Å²) >= 11 is 5.83. The molecule has 0 atom stereocenters. The van der Waals surface area contributed by atoms with E-state index in [-0.39, 0.29) is 0 Å². The van der Waals surface area contributed by atoms with Gasteiger partial charge in [-0.3, -0.25) is 0 Å². The highest BCUT2D eigenvalue weighted by Gasteiger charge is 2.03.